The first-order valence-corrected chi connectivity index (χ1v) is 7.78. The number of carbonyl (C=O) groups is 1. The molecule has 0 spiro atoms. The van der Waals surface area contributed by atoms with E-state index in [1.807, 2.05) is 6.92 Å². The van der Waals surface area contributed by atoms with E-state index >= 15 is 0 Å². The van der Waals surface area contributed by atoms with Crippen LogP contribution in [0.4, 0.5) is 5.69 Å². The number of hydrogen-bond donors (Lipinski definition) is 1. The van der Waals surface area contributed by atoms with Crippen LogP contribution < -0.4 is 5.32 Å². The SMILES string of the molecule is CCC(CCBr)CNC(=O)c1c(Cl)cccc1[N+](=O)[O-]. The van der Waals surface area contributed by atoms with E-state index in [9.17, 15) is 14.9 Å². The van der Waals surface area contributed by atoms with E-state index in [4.69, 9.17) is 11.6 Å². The molecule has 1 aromatic rings. The van der Waals surface area contributed by atoms with Gasteiger partial charge in [-0.3, -0.25) is 14.9 Å². The number of benzene rings is 1. The van der Waals surface area contributed by atoms with E-state index in [-0.39, 0.29) is 16.3 Å². The van der Waals surface area contributed by atoms with Crippen LogP contribution in [0.5, 0.6) is 0 Å². The molecule has 0 saturated heterocycles. The number of hydrogen-bond acceptors (Lipinski definition) is 3. The van der Waals surface area contributed by atoms with Gasteiger partial charge in [0, 0.05) is 17.9 Å². The molecule has 1 aromatic carbocycles. The quantitative estimate of drug-likeness (QED) is 0.455. The van der Waals surface area contributed by atoms with Crippen molar-refractivity contribution in [2.45, 2.75) is 19.8 Å². The molecule has 1 N–H and O–H groups in total. The van der Waals surface area contributed by atoms with Crippen molar-refractivity contribution in [3.05, 3.63) is 38.9 Å². The second kappa shape index (κ2) is 8.21. The van der Waals surface area contributed by atoms with Gasteiger partial charge in [-0.1, -0.05) is 46.9 Å². The van der Waals surface area contributed by atoms with Gasteiger partial charge in [0.2, 0.25) is 0 Å². The summed E-state index contributed by atoms with van der Waals surface area (Å²) < 4.78 is 0. The lowest BCUT2D eigenvalue weighted by Crippen LogP contribution is -2.30. The standard InChI is InChI=1S/C13H16BrClN2O3/c1-2-9(6-7-14)8-16-13(18)12-10(15)4-3-5-11(12)17(19)20/h3-5,9H,2,6-8H2,1H3,(H,16,18). The van der Waals surface area contributed by atoms with Gasteiger partial charge in [0.05, 0.1) is 9.95 Å². The van der Waals surface area contributed by atoms with Gasteiger partial charge < -0.3 is 5.32 Å². The minimum Gasteiger partial charge on any atom is -0.351 e. The topological polar surface area (TPSA) is 72.2 Å². The number of alkyl halides is 1. The first-order valence-electron chi connectivity index (χ1n) is 6.28. The highest BCUT2D eigenvalue weighted by atomic mass is 79.9. The van der Waals surface area contributed by atoms with Crippen molar-refractivity contribution in [1.82, 2.24) is 5.32 Å². The number of nitro groups is 1. The molecule has 0 fully saturated rings. The maximum atomic E-state index is 12.1. The summed E-state index contributed by atoms with van der Waals surface area (Å²) in [6.45, 7) is 2.51. The molecule has 1 atom stereocenters. The van der Waals surface area contributed by atoms with Gasteiger partial charge in [0.15, 0.2) is 0 Å². The molecule has 1 unspecified atom stereocenters. The zero-order chi connectivity index (χ0) is 15.1. The molecule has 0 radical (unpaired) electrons. The minimum atomic E-state index is -0.601. The van der Waals surface area contributed by atoms with E-state index in [0.29, 0.717) is 12.5 Å². The van der Waals surface area contributed by atoms with Crippen LogP contribution in [-0.4, -0.2) is 22.7 Å². The molecule has 0 saturated carbocycles. The van der Waals surface area contributed by atoms with Crippen molar-refractivity contribution in [1.29, 1.82) is 0 Å². The summed E-state index contributed by atoms with van der Waals surface area (Å²) in [4.78, 5) is 22.4. The average molecular weight is 364 g/mol. The third-order valence-corrected chi connectivity index (χ3v) is 3.83. The number of rotatable bonds is 7. The van der Waals surface area contributed by atoms with Gasteiger partial charge in [-0.2, -0.15) is 0 Å². The number of halogens is 2. The molecule has 110 valence electrons. The van der Waals surface area contributed by atoms with Gasteiger partial charge in [-0.15, -0.1) is 0 Å². The lowest BCUT2D eigenvalue weighted by Gasteiger charge is -2.14. The van der Waals surface area contributed by atoms with Crippen LogP contribution >= 0.6 is 27.5 Å². The number of nitro benzene ring substituents is 1. The van der Waals surface area contributed by atoms with Crippen LogP contribution in [0.15, 0.2) is 18.2 Å². The van der Waals surface area contributed by atoms with Crippen molar-refractivity contribution >= 4 is 39.1 Å². The fraction of sp³-hybridized carbons (Fsp3) is 0.462. The molecule has 0 bridgehead atoms. The lowest BCUT2D eigenvalue weighted by molar-refractivity contribution is -0.385. The van der Waals surface area contributed by atoms with E-state index in [0.717, 1.165) is 18.2 Å². The minimum absolute atomic E-state index is 0.0761. The smallest absolute Gasteiger partial charge is 0.283 e. The Kier molecular flexibility index (Phi) is 6.95. The van der Waals surface area contributed by atoms with Gasteiger partial charge >= 0.3 is 0 Å². The zero-order valence-corrected chi connectivity index (χ0v) is 13.4. The first kappa shape index (κ1) is 16.9. The van der Waals surface area contributed by atoms with Gasteiger partial charge in [-0.25, -0.2) is 0 Å². The lowest BCUT2D eigenvalue weighted by atomic mass is 10.0. The molecule has 0 aliphatic heterocycles. The molecule has 1 rings (SSSR count). The Morgan fingerprint density at radius 1 is 1.55 bits per heavy atom. The number of carbonyl (C=O) groups excluding carboxylic acids is 1. The third kappa shape index (κ3) is 4.45. The molecule has 5 nitrogen and oxygen atoms in total. The van der Waals surface area contributed by atoms with E-state index < -0.39 is 10.8 Å². The van der Waals surface area contributed by atoms with Crippen LogP contribution in [-0.2, 0) is 0 Å². The Labute approximate surface area is 131 Å². The Balaban J connectivity index is 2.85. The second-order valence-corrected chi connectivity index (χ2v) is 5.55. The van der Waals surface area contributed by atoms with Crippen molar-refractivity contribution in [3.63, 3.8) is 0 Å². The fourth-order valence-electron chi connectivity index (χ4n) is 1.82. The third-order valence-electron chi connectivity index (χ3n) is 3.06. The van der Waals surface area contributed by atoms with Gasteiger partial charge in [0.25, 0.3) is 11.6 Å². The largest absolute Gasteiger partial charge is 0.351 e. The summed E-state index contributed by atoms with van der Waals surface area (Å²) in [7, 11) is 0. The Morgan fingerprint density at radius 2 is 2.25 bits per heavy atom. The summed E-state index contributed by atoms with van der Waals surface area (Å²) in [5.41, 5.74) is -0.351. The van der Waals surface area contributed by atoms with Gasteiger partial charge in [0.1, 0.15) is 5.56 Å². The van der Waals surface area contributed by atoms with Crippen LogP contribution in [0, 0.1) is 16.0 Å². The maximum absolute atomic E-state index is 12.1. The maximum Gasteiger partial charge on any atom is 0.283 e. The summed E-state index contributed by atoms with van der Waals surface area (Å²) >= 11 is 9.27. The van der Waals surface area contributed by atoms with Crippen LogP contribution in [0.2, 0.25) is 5.02 Å². The highest BCUT2D eigenvalue weighted by molar-refractivity contribution is 9.09. The van der Waals surface area contributed by atoms with E-state index in [1.165, 1.54) is 18.2 Å². The van der Waals surface area contributed by atoms with E-state index in [2.05, 4.69) is 21.2 Å². The number of amides is 1. The highest BCUT2D eigenvalue weighted by Gasteiger charge is 2.23. The van der Waals surface area contributed by atoms with Crippen molar-refractivity contribution in [3.8, 4) is 0 Å². The van der Waals surface area contributed by atoms with Crippen LogP contribution in [0.3, 0.4) is 0 Å². The van der Waals surface area contributed by atoms with Gasteiger partial charge in [-0.05, 0) is 18.4 Å². The summed E-state index contributed by atoms with van der Waals surface area (Å²) in [6, 6.07) is 4.20. The average Bonchev–Trinajstić information content (AvgIpc) is 2.42. The molecule has 0 aromatic heterocycles. The summed E-state index contributed by atoms with van der Waals surface area (Å²) in [5.74, 6) is -0.171. The Morgan fingerprint density at radius 3 is 2.80 bits per heavy atom. The Bertz CT molecular complexity index is 497. The highest BCUT2D eigenvalue weighted by Crippen LogP contribution is 2.26. The zero-order valence-electron chi connectivity index (χ0n) is 11.1. The van der Waals surface area contributed by atoms with Crippen LogP contribution in [0.25, 0.3) is 0 Å². The number of nitrogens with zero attached hydrogens (tertiary/aromatic N) is 1. The summed E-state index contributed by atoms with van der Waals surface area (Å²) in [5, 5.41) is 14.6. The molecular formula is C13H16BrClN2O3. The first-order chi connectivity index (χ1) is 9.51. The normalized spacial score (nSPS) is 11.9. The predicted octanol–water partition coefficient (Wildman–Crippen LogP) is 3.79. The molecule has 1 amide bonds. The van der Waals surface area contributed by atoms with E-state index in [1.54, 1.807) is 0 Å². The molecule has 0 aliphatic carbocycles. The second-order valence-electron chi connectivity index (χ2n) is 4.35. The predicted molar refractivity (Wildman–Crippen MR) is 82.6 cm³/mol. The van der Waals surface area contributed by atoms with Crippen molar-refractivity contribution < 1.29 is 9.72 Å². The molecule has 0 aliphatic rings. The monoisotopic (exact) mass is 362 g/mol. The van der Waals surface area contributed by atoms with Crippen molar-refractivity contribution in [2.24, 2.45) is 5.92 Å². The van der Waals surface area contributed by atoms with Crippen LogP contribution in [0.1, 0.15) is 30.1 Å². The molecule has 7 heteroatoms. The number of nitrogens with one attached hydrogen (secondary N) is 1. The summed E-state index contributed by atoms with van der Waals surface area (Å²) in [6.07, 6.45) is 1.86. The molecule has 20 heavy (non-hydrogen) atoms. The fourth-order valence-corrected chi connectivity index (χ4v) is 2.72. The Hall–Kier alpha value is -1.14. The van der Waals surface area contributed by atoms with Crippen molar-refractivity contribution in [2.75, 3.05) is 11.9 Å². The molecule has 0 heterocycles. The molecular weight excluding hydrogens is 348 g/mol.